The lowest BCUT2D eigenvalue weighted by molar-refractivity contribution is 0.805. The van der Waals surface area contributed by atoms with Crippen LogP contribution < -0.4 is 5.32 Å². The van der Waals surface area contributed by atoms with E-state index >= 15 is 0 Å². The number of nitrogens with zero attached hydrogens (tertiary/aromatic N) is 4. The molecule has 2 rings (SSSR count). The van der Waals surface area contributed by atoms with Crippen molar-refractivity contribution < 1.29 is 0 Å². The monoisotopic (exact) mass is 245 g/mol. The number of aromatic nitrogens is 4. The van der Waals surface area contributed by atoms with Crippen LogP contribution in [-0.4, -0.2) is 26.1 Å². The fraction of sp³-hybridized carbons (Fsp3) is 0.462. The first kappa shape index (κ1) is 12.5. The van der Waals surface area contributed by atoms with E-state index in [2.05, 4.69) is 41.0 Å². The maximum absolute atomic E-state index is 4.42. The van der Waals surface area contributed by atoms with Crippen LogP contribution >= 0.6 is 0 Å². The van der Waals surface area contributed by atoms with Gasteiger partial charge in [-0.25, -0.2) is 15.0 Å². The Labute approximate surface area is 107 Å². The predicted molar refractivity (Wildman–Crippen MR) is 72.1 cm³/mol. The van der Waals surface area contributed by atoms with Gasteiger partial charge in [0.15, 0.2) is 0 Å². The molecule has 0 amide bonds. The number of nitrogens with one attached hydrogen (secondary N) is 1. The number of imidazole rings is 1. The molecular formula is C13H19N5. The van der Waals surface area contributed by atoms with E-state index in [-0.39, 0.29) is 0 Å². The van der Waals surface area contributed by atoms with Crippen molar-refractivity contribution in [3.8, 4) is 5.82 Å². The normalized spacial score (nSPS) is 10.9. The highest BCUT2D eigenvalue weighted by Crippen LogP contribution is 2.27. The Kier molecular flexibility index (Phi) is 3.60. The first-order chi connectivity index (χ1) is 8.65. The van der Waals surface area contributed by atoms with Crippen molar-refractivity contribution in [1.29, 1.82) is 0 Å². The number of hydrogen-bond donors (Lipinski definition) is 1. The highest BCUT2D eigenvalue weighted by molar-refractivity contribution is 5.53. The number of hydrogen-bond acceptors (Lipinski definition) is 4. The number of aryl methyl sites for hydroxylation is 1. The molecule has 18 heavy (non-hydrogen) atoms. The van der Waals surface area contributed by atoms with Crippen LogP contribution in [0.1, 0.15) is 38.1 Å². The van der Waals surface area contributed by atoms with Gasteiger partial charge >= 0.3 is 0 Å². The number of anilines is 1. The van der Waals surface area contributed by atoms with Crippen LogP contribution in [0.2, 0.25) is 0 Å². The zero-order valence-corrected chi connectivity index (χ0v) is 11.3. The molecular weight excluding hydrogens is 226 g/mol. The molecule has 0 unspecified atom stereocenters. The van der Waals surface area contributed by atoms with Crippen LogP contribution in [0.4, 0.5) is 5.82 Å². The Balaban J connectivity index is 2.60. The van der Waals surface area contributed by atoms with Crippen molar-refractivity contribution in [3.05, 3.63) is 30.1 Å². The Bertz CT molecular complexity index is 530. The molecule has 2 aromatic rings. The summed E-state index contributed by atoms with van der Waals surface area (Å²) in [5.41, 5.74) is 1.13. The molecule has 0 aliphatic rings. The highest BCUT2D eigenvalue weighted by Gasteiger charge is 2.16. The molecule has 0 saturated heterocycles. The van der Waals surface area contributed by atoms with Crippen LogP contribution in [-0.2, 0) is 0 Å². The SMILES string of the molecule is CCNc1ncnc(-n2ccnc2C)c1C(C)C. The van der Waals surface area contributed by atoms with Crippen molar-refractivity contribution in [2.24, 2.45) is 0 Å². The Morgan fingerprint density at radius 2 is 2.06 bits per heavy atom. The molecule has 0 aromatic carbocycles. The van der Waals surface area contributed by atoms with Gasteiger partial charge < -0.3 is 5.32 Å². The van der Waals surface area contributed by atoms with Crippen molar-refractivity contribution >= 4 is 5.82 Å². The zero-order valence-electron chi connectivity index (χ0n) is 11.3. The molecule has 2 aromatic heterocycles. The minimum absolute atomic E-state index is 0.344. The zero-order chi connectivity index (χ0) is 13.1. The van der Waals surface area contributed by atoms with Gasteiger partial charge in [-0.2, -0.15) is 0 Å². The molecule has 1 N–H and O–H groups in total. The van der Waals surface area contributed by atoms with Crippen LogP contribution in [0.5, 0.6) is 0 Å². The molecule has 0 fully saturated rings. The van der Waals surface area contributed by atoms with Crippen LogP contribution in [0, 0.1) is 6.92 Å². The Morgan fingerprint density at radius 1 is 1.28 bits per heavy atom. The fourth-order valence-electron chi connectivity index (χ4n) is 2.02. The molecule has 0 atom stereocenters. The van der Waals surface area contributed by atoms with Gasteiger partial charge in [0.05, 0.1) is 0 Å². The van der Waals surface area contributed by atoms with E-state index in [0.29, 0.717) is 5.92 Å². The van der Waals surface area contributed by atoms with Crippen LogP contribution in [0.25, 0.3) is 5.82 Å². The summed E-state index contributed by atoms with van der Waals surface area (Å²) >= 11 is 0. The van der Waals surface area contributed by atoms with Crippen LogP contribution in [0.15, 0.2) is 18.7 Å². The minimum atomic E-state index is 0.344. The quantitative estimate of drug-likeness (QED) is 0.899. The van der Waals surface area contributed by atoms with E-state index in [1.807, 2.05) is 17.7 Å². The van der Waals surface area contributed by atoms with Crippen molar-refractivity contribution in [1.82, 2.24) is 19.5 Å². The topological polar surface area (TPSA) is 55.6 Å². The van der Waals surface area contributed by atoms with E-state index in [4.69, 9.17) is 0 Å². The summed E-state index contributed by atoms with van der Waals surface area (Å²) in [6.45, 7) is 9.18. The molecule has 0 saturated carbocycles. The summed E-state index contributed by atoms with van der Waals surface area (Å²) in [5, 5.41) is 3.29. The maximum atomic E-state index is 4.42. The second kappa shape index (κ2) is 5.16. The molecule has 0 bridgehead atoms. The first-order valence-electron chi connectivity index (χ1n) is 6.24. The standard InChI is InChI=1S/C13H19N5/c1-5-14-12-11(9(2)3)13(17-8-16-12)18-7-6-15-10(18)4/h6-9H,5H2,1-4H3,(H,14,16,17). The third-order valence-electron chi connectivity index (χ3n) is 2.84. The first-order valence-corrected chi connectivity index (χ1v) is 6.24. The maximum Gasteiger partial charge on any atom is 0.147 e. The van der Waals surface area contributed by atoms with Gasteiger partial charge in [0.25, 0.3) is 0 Å². The largest absolute Gasteiger partial charge is 0.370 e. The lowest BCUT2D eigenvalue weighted by Crippen LogP contribution is -2.11. The third-order valence-corrected chi connectivity index (χ3v) is 2.84. The summed E-state index contributed by atoms with van der Waals surface area (Å²) in [6, 6.07) is 0. The Morgan fingerprint density at radius 3 is 2.61 bits per heavy atom. The molecule has 5 nitrogen and oxygen atoms in total. The van der Waals surface area contributed by atoms with E-state index < -0.39 is 0 Å². The van der Waals surface area contributed by atoms with Gasteiger partial charge in [-0.05, 0) is 19.8 Å². The third kappa shape index (κ3) is 2.20. The predicted octanol–water partition coefficient (Wildman–Crippen LogP) is 2.53. The molecule has 0 spiro atoms. The summed E-state index contributed by atoms with van der Waals surface area (Å²) < 4.78 is 2.00. The van der Waals surface area contributed by atoms with Gasteiger partial charge in [-0.15, -0.1) is 0 Å². The van der Waals surface area contributed by atoms with Gasteiger partial charge in [-0.3, -0.25) is 4.57 Å². The van der Waals surface area contributed by atoms with Crippen molar-refractivity contribution in [2.45, 2.75) is 33.6 Å². The van der Waals surface area contributed by atoms with Gasteiger partial charge in [0.1, 0.15) is 23.8 Å². The van der Waals surface area contributed by atoms with Crippen molar-refractivity contribution in [3.63, 3.8) is 0 Å². The average molecular weight is 245 g/mol. The smallest absolute Gasteiger partial charge is 0.147 e. The second-order valence-corrected chi connectivity index (χ2v) is 4.49. The van der Waals surface area contributed by atoms with Crippen molar-refractivity contribution in [2.75, 3.05) is 11.9 Å². The summed E-state index contributed by atoms with van der Waals surface area (Å²) in [5.74, 6) is 3.09. The highest BCUT2D eigenvalue weighted by atomic mass is 15.1. The lowest BCUT2D eigenvalue weighted by Gasteiger charge is -2.17. The average Bonchev–Trinajstić information content (AvgIpc) is 2.75. The van der Waals surface area contributed by atoms with Gasteiger partial charge in [-0.1, -0.05) is 13.8 Å². The molecule has 0 radical (unpaired) electrons. The summed E-state index contributed by atoms with van der Waals surface area (Å²) in [4.78, 5) is 13.0. The minimum Gasteiger partial charge on any atom is -0.370 e. The molecule has 0 aliphatic heterocycles. The van der Waals surface area contributed by atoms with Gasteiger partial charge in [0.2, 0.25) is 0 Å². The molecule has 96 valence electrons. The molecule has 2 heterocycles. The van der Waals surface area contributed by atoms with E-state index in [0.717, 1.165) is 29.6 Å². The van der Waals surface area contributed by atoms with E-state index in [1.54, 1.807) is 12.5 Å². The second-order valence-electron chi connectivity index (χ2n) is 4.49. The summed E-state index contributed by atoms with van der Waals surface area (Å²) in [7, 11) is 0. The van der Waals surface area contributed by atoms with E-state index in [9.17, 15) is 0 Å². The van der Waals surface area contributed by atoms with Gasteiger partial charge in [0, 0.05) is 24.5 Å². The molecule has 0 aliphatic carbocycles. The fourth-order valence-corrected chi connectivity index (χ4v) is 2.02. The van der Waals surface area contributed by atoms with Crippen LogP contribution in [0.3, 0.4) is 0 Å². The lowest BCUT2D eigenvalue weighted by atomic mass is 10.0. The van der Waals surface area contributed by atoms with E-state index in [1.165, 1.54) is 0 Å². The molecule has 5 heteroatoms. The summed E-state index contributed by atoms with van der Waals surface area (Å²) in [6.07, 6.45) is 5.31. The number of rotatable bonds is 4. The Hall–Kier alpha value is -1.91.